The summed E-state index contributed by atoms with van der Waals surface area (Å²) in [7, 11) is 0. The Bertz CT molecular complexity index is 964. The Morgan fingerprint density at radius 3 is 2.64 bits per heavy atom. The predicted molar refractivity (Wildman–Crippen MR) is 84.8 cm³/mol. The van der Waals surface area contributed by atoms with E-state index >= 15 is 0 Å². The number of fused-ring (bicyclic) bond motifs is 2. The summed E-state index contributed by atoms with van der Waals surface area (Å²) in [5.41, 5.74) is 4.77. The van der Waals surface area contributed by atoms with Crippen LogP contribution in [0.4, 0.5) is 4.39 Å². The van der Waals surface area contributed by atoms with E-state index in [1.807, 2.05) is 0 Å². The van der Waals surface area contributed by atoms with Crippen molar-refractivity contribution >= 4 is 22.1 Å². The van der Waals surface area contributed by atoms with E-state index in [1.165, 1.54) is 12.1 Å². The Morgan fingerprint density at radius 1 is 1.14 bits per heavy atom. The molecule has 5 heteroatoms. The first-order valence-electron chi connectivity index (χ1n) is 7.25. The summed E-state index contributed by atoms with van der Waals surface area (Å²) in [6.45, 7) is 4.28. The molecule has 1 N–H and O–H groups in total. The van der Waals surface area contributed by atoms with E-state index in [1.54, 1.807) is 18.3 Å². The number of H-pyrrole nitrogens is 1. The molecule has 3 aromatic heterocycles. The van der Waals surface area contributed by atoms with Crippen LogP contribution in [0.5, 0.6) is 0 Å². The van der Waals surface area contributed by atoms with Gasteiger partial charge in [0.05, 0.1) is 17.2 Å². The zero-order valence-electron chi connectivity index (χ0n) is 12.3. The third-order valence-corrected chi connectivity index (χ3v) is 3.89. The van der Waals surface area contributed by atoms with Gasteiger partial charge < -0.3 is 4.57 Å². The van der Waals surface area contributed by atoms with Crippen LogP contribution in [0.1, 0.15) is 25.5 Å². The number of nitrogens with one attached hydrogen (secondary N) is 1. The van der Waals surface area contributed by atoms with E-state index < -0.39 is 0 Å². The van der Waals surface area contributed by atoms with Crippen LogP contribution >= 0.6 is 0 Å². The quantitative estimate of drug-likeness (QED) is 0.603. The van der Waals surface area contributed by atoms with Crippen LogP contribution in [-0.2, 0) is 0 Å². The summed E-state index contributed by atoms with van der Waals surface area (Å²) in [6, 6.07) is 10.7. The number of aromatic nitrogens is 4. The van der Waals surface area contributed by atoms with E-state index in [0.29, 0.717) is 5.92 Å². The molecule has 0 saturated carbocycles. The van der Waals surface area contributed by atoms with E-state index in [4.69, 9.17) is 0 Å². The number of halogens is 1. The third-order valence-electron chi connectivity index (χ3n) is 3.89. The zero-order chi connectivity index (χ0) is 15.3. The molecule has 0 saturated heterocycles. The predicted octanol–water partition coefficient (Wildman–Crippen LogP) is 4.16. The summed E-state index contributed by atoms with van der Waals surface area (Å²) < 4.78 is 15.4. The van der Waals surface area contributed by atoms with Crippen LogP contribution in [0.25, 0.3) is 27.8 Å². The number of hydrogen-bond acceptors (Lipinski definition) is 2. The van der Waals surface area contributed by atoms with E-state index in [0.717, 1.165) is 33.4 Å². The maximum Gasteiger partial charge on any atom is 0.155 e. The molecular formula is C17H15FN4. The number of hydrogen-bond donors (Lipinski definition) is 1. The monoisotopic (exact) mass is 294 g/mol. The number of nitrogens with zero attached hydrogens (tertiary/aromatic N) is 3. The second-order valence-electron chi connectivity index (χ2n) is 5.74. The highest BCUT2D eigenvalue weighted by Gasteiger charge is 2.15. The highest BCUT2D eigenvalue weighted by molar-refractivity contribution is 5.91. The lowest BCUT2D eigenvalue weighted by atomic mass is 10.1. The Labute approximate surface area is 126 Å². The summed E-state index contributed by atoms with van der Waals surface area (Å²) in [5.74, 6) is 0.0948. The standard InChI is InChI=1S/C17H15FN4/c1-10(2)15-8-14-16(7-11-9-19-21-17(11)20-14)22(15)13-5-3-12(18)4-6-13/h3-10H,1-2H3,(H,19,20,21). The van der Waals surface area contributed by atoms with Crippen molar-refractivity contribution in [3.05, 3.63) is 54.1 Å². The molecule has 0 unspecified atom stereocenters. The Kier molecular flexibility index (Phi) is 2.76. The molecular weight excluding hydrogens is 279 g/mol. The van der Waals surface area contributed by atoms with Crippen molar-refractivity contribution in [1.29, 1.82) is 0 Å². The number of rotatable bonds is 2. The van der Waals surface area contributed by atoms with Crippen molar-refractivity contribution in [2.24, 2.45) is 0 Å². The number of aromatic amines is 1. The van der Waals surface area contributed by atoms with Gasteiger partial charge in [-0.1, -0.05) is 13.8 Å². The van der Waals surface area contributed by atoms with Crippen molar-refractivity contribution in [2.45, 2.75) is 19.8 Å². The van der Waals surface area contributed by atoms with Crippen LogP contribution in [0, 0.1) is 5.82 Å². The van der Waals surface area contributed by atoms with Crippen LogP contribution in [0.3, 0.4) is 0 Å². The fourth-order valence-electron chi connectivity index (χ4n) is 2.82. The van der Waals surface area contributed by atoms with Gasteiger partial charge in [-0.2, -0.15) is 5.10 Å². The molecule has 1 aromatic carbocycles. The summed E-state index contributed by atoms with van der Waals surface area (Å²) in [6.07, 6.45) is 1.76. The molecule has 4 nitrogen and oxygen atoms in total. The van der Waals surface area contributed by atoms with Crippen LogP contribution in [0.2, 0.25) is 0 Å². The molecule has 4 rings (SSSR count). The molecule has 3 heterocycles. The highest BCUT2D eigenvalue weighted by atomic mass is 19.1. The van der Waals surface area contributed by atoms with Gasteiger partial charge in [0.2, 0.25) is 0 Å². The fraction of sp³-hybridized carbons (Fsp3) is 0.176. The van der Waals surface area contributed by atoms with Gasteiger partial charge in [-0.15, -0.1) is 0 Å². The maximum atomic E-state index is 13.2. The Morgan fingerprint density at radius 2 is 1.91 bits per heavy atom. The normalized spacial score (nSPS) is 11.8. The topological polar surface area (TPSA) is 46.5 Å². The van der Waals surface area contributed by atoms with E-state index in [-0.39, 0.29) is 5.82 Å². The molecule has 0 radical (unpaired) electrons. The molecule has 22 heavy (non-hydrogen) atoms. The lowest BCUT2D eigenvalue weighted by Gasteiger charge is -2.13. The molecule has 0 spiro atoms. The maximum absolute atomic E-state index is 13.2. The smallest absolute Gasteiger partial charge is 0.155 e. The van der Waals surface area contributed by atoms with Gasteiger partial charge in [0.15, 0.2) is 5.65 Å². The third kappa shape index (κ3) is 1.89. The first-order chi connectivity index (χ1) is 10.6. The highest BCUT2D eigenvalue weighted by Crippen LogP contribution is 2.29. The van der Waals surface area contributed by atoms with Crippen LogP contribution < -0.4 is 0 Å². The van der Waals surface area contributed by atoms with Crippen LogP contribution in [-0.4, -0.2) is 19.7 Å². The van der Waals surface area contributed by atoms with E-state index in [9.17, 15) is 4.39 Å². The first-order valence-corrected chi connectivity index (χ1v) is 7.25. The molecule has 0 aliphatic carbocycles. The van der Waals surface area contributed by atoms with Gasteiger partial charge in [0, 0.05) is 16.8 Å². The van der Waals surface area contributed by atoms with Gasteiger partial charge in [-0.05, 0) is 42.3 Å². The fourth-order valence-corrected chi connectivity index (χ4v) is 2.82. The molecule has 0 aliphatic rings. The lowest BCUT2D eigenvalue weighted by Crippen LogP contribution is -2.01. The van der Waals surface area contributed by atoms with Gasteiger partial charge in [0.1, 0.15) is 5.82 Å². The van der Waals surface area contributed by atoms with Gasteiger partial charge in [-0.3, -0.25) is 5.10 Å². The molecule has 0 fully saturated rings. The van der Waals surface area contributed by atoms with Gasteiger partial charge in [-0.25, -0.2) is 9.37 Å². The second kappa shape index (κ2) is 4.66. The van der Waals surface area contributed by atoms with Crippen molar-refractivity contribution in [2.75, 3.05) is 0 Å². The molecule has 0 bridgehead atoms. The average Bonchev–Trinajstić information content (AvgIpc) is 3.09. The summed E-state index contributed by atoms with van der Waals surface area (Å²) >= 11 is 0. The molecule has 0 amide bonds. The van der Waals surface area contributed by atoms with Crippen molar-refractivity contribution in [1.82, 2.24) is 19.7 Å². The zero-order valence-corrected chi connectivity index (χ0v) is 12.3. The van der Waals surface area contributed by atoms with Crippen molar-refractivity contribution in [3.63, 3.8) is 0 Å². The summed E-state index contributed by atoms with van der Waals surface area (Å²) in [4.78, 5) is 4.63. The summed E-state index contributed by atoms with van der Waals surface area (Å²) in [5, 5.41) is 7.89. The molecule has 110 valence electrons. The minimum absolute atomic E-state index is 0.235. The minimum Gasteiger partial charge on any atom is -0.312 e. The molecule has 0 atom stereocenters. The van der Waals surface area contributed by atoms with Crippen molar-refractivity contribution < 1.29 is 4.39 Å². The van der Waals surface area contributed by atoms with Gasteiger partial charge >= 0.3 is 0 Å². The van der Waals surface area contributed by atoms with Gasteiger partial charge in [0.25, 0.3) is 0 Å². The molecule has 0 aliphatic heterocycles. The molecule has 4 aromatic rings. The number of pyridine rings is 1. The largest absolute Gasteiger partial charge is 0.312 e. The van der Waals surface area contributed by atoms with Crippen LogP contribution in [0.15, 0.2) is 42.6 Å². The second-order valence-corrected chi connectivity index (χ2v) is 5.74. The minimum atomic E-state index is -0.235. The Balaban J connectivity index is 2.08. The first kappa shape index (κ1) is 13.0. The number of benzene rings is 1. The van der Waals surface area contributed by atoms with Crippen molar-refractivity contribution in [3.8, 4) is 5.69 Å². The SMILES string of the molecule is CC(C)c1cc2nc3[nH]ncc3cc2n1-c1ccc(F)cc1. The average molecular weight is 294 g/mol. The lowest BCUT2D eigenvalue weighted by molar-refractivity contribution is 0.627. The van der Waals surface area contributed by atoms with E-state index in [2.05, 4.69) is 45.7 Å². The Hall–Kier alpha value is -2.69.